The van der Waals surface area contributed by atoms with E-state index in [2.05, 4.69) is 10.1 Å². The number of halogens is 3. The summed E-state index contributed by atoms with van der Waals surface area (Å²) in [6.45, 7) is 0.854. The largest absolute Gasteiger partial charge is 0.496 e. The maximum atomic E-state index is 13.3. The van der Waals surface area contributed by atoms with E-state index in [1.165, 1.54) is 18.5 Å². The van der Waals surface area contributed by atoms with Crippen LogP contribution in [-0.4, -0.2) is 57.0 Å². The molecule has 4 atom stereocenters. The number of aliphatic hydroxyl groups excluding tert-OH is 1. The number of aromatic nitrogens is 3. The van der Waals surface area contributed by atoms with E-state index < -0.39 is 23.8 Å². The van der Waals surface area contributed by atoms with Crippen LogP contribution >= 0.6 is 0 Å². The number of aliphatic hydroxyl groups is 1. The Kier molecular flexibility index (Phi) is 4.97. The molecule has 10 heteroatoms. The van der Waals surface area contributed by atoms with Gasteiger partial charge in [-0.2, -0.15) is 18.3 Å². The molecule has 0 unspecified atom stereocenters. The number of likely N-dealkylation sites (tertiary alicyclic amines) is 1. The second-order valence-corrected chi connectivity index (χ2v) is 7.62. The zero-order valence-electron chi connectivity index (χ0n) is 15.7. The molecule has 1 saturated heterocycles. The van der Waals surface area contributed by atoms with Crippen molar-refractivity contribution in [3.63, 3.8) is 0 Å². The van der Waals surface area contributed by atoms with E-state index in [0.29, 0.717) is 25.9 Å². The van der Waals surface area contributed by atoms with Crippen LogP contribution in [0.4, 0.5) is 13.2 Å². The number of ether oxygens (including phenoxy) is 1. The Morgan fingerprint density at radius 3 is 2.59 bits per heavy atom. The van der Waals surface area contributed by atoms with Gasteiger partial charge in [0.2, 0.25) is 0 Å². The highest BCUT2D eigenvalue weighted by molar-refractivity contribution is 5.95. The first-order chi connectivity index (χ1) is 13.8. The molecule has 156 valence electrons. The number of carbonyl (C=O) groups excluding carboxylic acids is 1. The molecule has 0 radical (unpaired) electrons. The molecule has 29 heavy (non-hydrogen) atoms. The fraction of sp³-hybridized carbons (Fsp3) is 0.526. The average molecular weight is 410 g/mol. The summed E-state index contributed by atoms with van der Waals surface area (Å²) in [6, 6.07) is 3.15. The zero-order valence-corrected chi connectivity index (χ0v) is 15.7. The van der Waals surface area contributed by atoms with Crippen LogP contribution in [0.3, 0.4) is 0 Å². The minimum absolute atomic E-state index is 0.0230. The number of hydrogen-bond donors (Lipinski definition) is 1. The number of methoxy groups -OCH3 is 1. The van der Waals surface area contributed by atoms with Gasteiger partial charge in [0, 0.05) is 18.7 Å². The Hall–Kier alpha value is -2.62. The summed E-state index contributed by atoms with van der Waals surface area (Å²) in [5.41, 5.74) is -0.991. The van der Waals surface area contributed by atoms with Gasteiger partial charge in [0.15, 0.2) is 0 Å². The van der Waals surface area contributed by atoms with Crippen molar-refractivity contribution >= 4 is 5.91 Å². The van der Waals surface area contributed by atoms with Gasteiger partial charge in [0.05, 0.1) is 24.8 Å². The first kappa shape index (κ1) is 19.7. The fourth-order valence-corrected chi connectivity index (χ4v) is 4.49. The Bertz CT molecular complexity index is 887. The SMILES string of the molecule is COc1ccc(C(=O)N2C[C@H]3C[C@@H](n4cncn4)[C@H](O)C[C@H]3C2)cc1C(F)(F)F. The van der Waals surface area contributed by atoms with Crippen LogP contribution in [0.5, 0.6) is 5.75 Å². The van der Waals surface area contributed by atoms with Crippen molar-refractivity contribution in [2.45, 2.75) is 31.2 Å². The summed E-state index contributed by atoms with van der Waals surface area (Å²) in [7, 11) is 1.16. The normalized spacial score (nSPS) is 27.0. The first-order valence-corrected chi connectivity index (χ1v) is 9.34. The van der Waals surface area contributed by atoms with Crippen LogP contribution in [0.1, 0.15) is 34.8 Å². The molecular formula is C19H21F3N4O3. The monoisotopic (exact) mass is 410 g/mol. The number of amides is 1. The summed E-state index contributed by atoms with van der Waals surface area (Å²) >= 11 is 0. The van der Waals surface area contributed by atoms with E-state index in [9.17, 15) is 23.1 Å². The van der Waals surface area contributed by atoms with Crippen LogP contribution in [0.2, 0.25) is 0 Å². The lowest BCUT2D eigenvalue weighted by Crippen LogP contribution is -2.36. The summed E-state index contributed by atoms with van der Waals surface area (Å²) in [6.07, 6.45) is -1.11. The van der Waals surface area contributed by atoms with E-state index >= 15 is 0 Å². The van der Waals surface area contributed by atoms with Crippen LogP contribution in [0, 0.1) is 11.8 Å². The lowest BCUT2D eigenvalue weighted by molar-refractivity contribution is -0.138. The number of carbonyl (C=O) groups is 1. The van der Waals surface area contributed by atoms with Gasteiger partial charge in [0.1, 0.15) is 18.4 Å². The molecule has 0 spiro atoms. The molecule has 1 saturated carbocycles. The van der Waals surface area contributed by atoms with Crippen molar-refractivity contribution in [1.82, 2.24) is 19.7 Å². The Morgan fingerprint density at radius 2 is 1.97 bits per heavy atom. The number of nitrogens with zero attached hydrogens (tertiary/aromatic N) is 4. The number of alkyl halides is 3. The third-order valence-corrected chi connectivity index (χ3v) is 5.92. The number of benzene rings is 1. The first-order valence-electron chi connectivity index (χ1n) is 9.34. The highest BCUT2D eigenvalue weighted by Crippen LogP contribution is 2.42. The van der Waals surface area contributed by atoms with Crippen LogP contribution in [-0.2, 0) is 6.18 Å². The van der Waals surface area contributed by atoms with E-state index in [0.717, 1.165) is 13.2 Å². The van der Waals surface area contributed by atoms with Crippen LogP contribution in [0.25, 0.3) is 0 Å². The van der Waals surface area contributed by atoms with E-state index in [1.807, 2.05) is 0 Å². The third-order valence-electron chi connectivity index (χ3n) is 5.92. The molecule has 1 aromatic carbocycles. The topological polar surface area (TPSA) is 80.5 Å². The molecule has 2 fully saturated rings. The second-order valence-electron chi connectivity index (χ2n) is 7.62. The van der Waals surface area contributed by atoms with Gasteiger partial charge in [0.25, 0.3) is 5.91 Å². The smallest absolute Gasteiger partial charge is 0.419 e. The molecule has 2 aliphatic rings. The lowest BCUT2D eigenvalue weighted by Gasteiger charge is -2.34. The van der Waals surface area contributed by atoms with E-state index in [4.69, 9.17) is 4.74 Å². The Labute approximate surface area is 165 Å². The average Bonchev–Trinajstić information content (AvgIpc) is 3.35. The van der Waals surface area contributed by atoms with Gasteiger partial charge in [-0.1, -0.05) is 0 Å². The Balaban J connectivity index is 1.52. The maximum Gasteiger partial charge on any atom is 0.419 e. The van der Waals surface area contributed by atoms with Crippen molar-refractivity contribution in [2.24, 2.45) is 11.8 Å². The molecule has 7 nitrogen and oxygen atoms in total. The van der Waals surface area contributed by atoms with Crippen LogP contribution in [0.15, 0.2) is 30.9 Å². The third kappa shape index (κ3) is 3.68. The zero-order chi connectivity index (χ0) is 20.8. The van der Waals surface area contributed by atoms with E-state index in [-0.39, 0.29) is 29.2 Å². The molecule has 1 N–H and O–H groups in total. The van der Waals surface area contributed by atoms with Gasteiger partial charge >= 0.3 is 6.18 Å². The molecule has 1 aliphatic carbocycles. The van der Waals surface area contributed by atoms with Gasteiger partial charge in [-0.25, -0.2) is 9.67 Å². The number of hydrogen-bond acceptors (Lipinski definition) is 5. The van der Waals surface area contributed by atoms with Crippen molar-refractivity contribution in [2.75, 3.05) is 20.2 Å². The number of rotatable bonds is 3. The van der Waals surface area contributed by atoms with Gasteiger partial charge in [-0.3, -0.25) is 4.79 Å². The van der Waals surface area contributed by atoms with Crippen LogP contribution < -0.4 is 4.74 Å². The standard InChI is InChI=1S/C19H21F3N4O3/c1-29-17-3-2-11(4-14(17)19(20,21)22)18(28)25-7-12-5-15(26-10-23-9-24-26)16(27)6-13(12)8-25/h2-4,9-10,12-13,15-16,27H,5-8H2,1H3/t12-,13+,15-,16-/m1/s1. The molecule has 4 rings (SSSR count). The Morgan fingerprint density at radius 1 is 1.24 bits per heavy atom. The van der Waals surface area contributed by atoms with Crippen molar-refractivity contribution in [3.8, 4) is 5.75 Å². The molecule has 2 heterocycles. The van der Waals surface area contributed by atoms with Crippen molar-refractivity contribution < 1.29 is 27.8 Å². The highest BCUT2D eigenvalue weighted by Gasteiger charge is 2.44. The molecular weight excluding hydrogens is 389 g/mol. The van der Waals surface area contributed by atoms with Gasteiger partial charge < -0.3 is 14.7 Å². The van der Waals surface area contributed by atoms with Gasteiger partial charge in [-0.15, -0.1) is 0 Å². The van der Waals surface area contributed by atoms with Crippen molar-refractivity contribution in [3.05, 3.63) is 42.0 Å². The summed E-state index contributed by atoms with van der Waals surface area (Å²) < 4.78 is 46.2. The maximum absolute atomic E-state index is 13.3. The molecule has 1 aliphatic heterocycles. The minimum atomic E-state index is -4.62. The second kappa shape index (κ2) is 7.33. The predicted octanol–water partition coefficient (Wildman–Crippen LogP) is 2.39. The number of fused-ring (bicyclic) bond motifs is 1. The lowest BCUT2D eigenvalue weighted by atomic mass is 9.77. The predicted molar refractivity (Wildman–Crippen MR) is 95.2 cm³/mol. The van der Waals surface area contributed by atoms with E-state index in [1.54, 1.807) is 15.9 Å². The molecule has 0 bridgehead atoms. The fourth-order valence-electron chi connectivity index (χ4n) is 4.49. The minimum Gasteiger partial charge on any atom is -0.496 e. The van der Waals surface area contributed by atoms with Crippen molar-refractivity contribution in [1.29, 1.82) is 0 Å². The molecule has 2 aromatic rings. The molecule has 1 amide bonds. The summed E-state index contributed by atoms with van der Waals surface area (Å²) in [5, 5.41) is 14.6. The summed E-state index contributed by atoms with van der Waals surface area (Å²) in [4.78, 5) is 18.4. The van der Waals surface area contributed by atoms with Gasteiger partial charge in [-0.05, 0) is 42.9 Å². The highest BCUT2D eigenvalue weighted by atomic mass is 19.4. The quantitative estimate of drug-likeness (QED) is 0.841. The summed E-state index contributed by atoms with van der Waals surface area (Å²) in [5.74, 6) is -0.506. The molecule has 1 aromatic heterocycles.